The molecule has 1 spiro atoms. The van der Waals surface area contributed by atoms with Crippen LogP contribution in [0.15, 0.2) is 24.4 Å². The lowest BCUT2D eigenvalue weighted by Crippen LogP contribution is -2.73. The summed E-state index contributed by atoms with van der Waals surface area (Å²) in [6, 6.07) is 3.59. The lowest BCUT2D eigenvalue weighted by atomic mass is 9.73. The Kier molecular flexibility index (Phi) is 5.21. The molecule has 0 aliphatic carbocycles. The summed E-state index contributed by atoms with van der Waals surface area (Å²) in [4.78, 5) is 13.8. The Hall–Kier alpha value is -2.99. The van der Waals surface area contributed by atoms with Gasteiger partial charge in [0.1, 0.15) is 6.04 Å². The second-order valence-electron chi connectivity index (χ2n) is 9.96. The number of fused-ring (bicyclic) bond motifs is 3. The zero-order valence-corrected chi connectivity index (χ0v) is 20.4. The molecular formula is C23H23ClF4N8. The van der Waals surface area contributed by atoms with E-state index < -0.39 is 18.0 Å². The summed E-state index contributed by atoms with van der Waals surface area (Å²) in [5.74, 6) is 1.14. The van der Waals surface area contributed by atoms with Crippen LogP contribution in [0.2, 0.25) is 5.02 Å². The summed E-state index contributed by atoms with van der Waals surface area (Å²) in [6.07, 6.45) is -3.18. The van der Waals surface area contributed by atoms with Crippen molar-refractivity contribution in [2.24, 2.45) is 5.41 Å². The molecule has 3 aromatic rings. The maximum absolute atomic E-state index is 13.6. The van der Waals surface area contributed by atoms with Crippen molar-refractivity contribution in [3.05, 3.63) is 52.3 Å². The van der Waals surface area contributed by atoms with Crippen molar-refractivity contribution in [2.75, 3.05) is 36.0 Å². The van der Waals surface area contributed by atoms with Crippen molar-refractivity contribution in [1.29, 1.82) is 0 Å². The van der Waals surface area contributed by atoms with Gasteiger partial charge >= 0.3 is 6.18 Å². The Labute approximate surface area is 209 Å². The van der Waals surface area contributed by atoms with E-state index in [1.807, 2.05) is 15.5 Å². The van der Waals surface area contributed by atoms with Crippen LogP contribution in [-0.4, -0.2) is 68.0 Å². The fourth-order valence-corrected chi connectivity index (χ4v) is 5.49. The van der Waals surface area contributed by atoms with Gasteiger partial charge in [0.2, 0.25) is 11.9 Å². The third-order valence-electron chi connectivity index (χ3n) is 7.31. The minimum Gasteiger partial charge on any atom is -0.339 e. The van der Waals surface area contributed by atoms with Gasteiger partial charge in [-0.25, -0.2) is 14.4 Å². The van der Waals surface area contributed by atoms with Crippen molar-refractivity contribution in [1.82, 2.24) is 29.6 Å². The standard InChI is InChI=1S/C23H23ClF4N8/c1-13-17(25)6-29-20(30-13)34-9-22(10-34)11-35(12-22)21-32-31-19-8-33(14(2)23(26,27)28)7-15-5-16(24)3-4-18(15)36(19)21/h3-6,14H,7-12H2,1-2H3. The van der Waals surface area contributed by atoms with Gasteiger partial charge in [0.25, 0.3) is 0 Å². The fraction of sp³-hybridized carbons (Fsp3) is 0.478. The molecule has 8 nitrogen and oxygen atoms in total. The van der Waals surface area contributed by atoms with Crippen LogP contribution in [0, 0.1) is 18.2 Å². The topological polar surface area (TPSA) is 66.2 Å². The summed E-state index contributed by atoms with van der Waals surface area (Å²) in [5, 5.41) is 9.13. The molecule has 5 heterocycles. The molecule has 3 aliphatic rings. The number of benzene rings is 1. The van der Waals surface area contributed by atoms with Crippen LogP contribution < -0.4 is 9.80 Å². The van der Waals surface area contributed by atoms with E-state index in [1.54, 1.807) is 19.1 Å². The number of halogens is 5. The van der Waals surface area contributed by atoms with Crippen LogP contribution in [0.3, 0.4) is 0 Å². The van der Waals surface area contributed by atoms with Gasteiger partial charge in [-0.15, -0.1) is 10.2 Å². The number of anilines is 2. The largest absolute Gasteiger partial charge is 0.403 e. The van der Waals surface area contributed by atoms with E-state index in [1.165, 1.54) is 11.1 Å². The number of hydrogen-bond donors (Lipinski definition) is 0. The molecule has 2 saturated heterocycles. The molecule has 13 heteroatoms. The molecule has 0 saturated carbocycles. The lowest BCUT2D eigenvalue weighted by molar-refractivity contribution is -0.182. The molecule has 36 heavy (non-hydrogen) atoms. The maximum atomic E-state index is 13.6. The molecule has 0 bridgehead atoms. The molecule has 2 fully saturated rings. The van der Waals surface area contributed by atoms with Gasteiger partial charge in [-0.3, -0.25) is 9.47 Å². The zero-order chi connectivity index (χ0) is 25.4. The Morgan fingerprint density at radius 2 is 1.78 bits per heavy atom. The summed E-state index contributed by atoms with van der Waals surface area (Å²) in [7, 11) is 0. The summed E-state index contributed by atoms with van der Waals surface area (Å²) < 4.78 is 56.1. The molecule has 0 amide bonds. The predicted octanol–water partition coefficient (Wildman–Crippen LogP) is 3.75. The van der Waals surface area contributed by atoms with Crippen LogP contribution in [0.25, 0.3) is 5.69 Å². The minimum absolute atomic E-state index is 0.00793. The van der Waals surface area contributed by atoms with Gasteiger partial charge in [-0.2, -0.15) is 13.2 Å². The van der Waals surface area contributed by atoms with Gasteiger partial charge in [0.05, 0.1) is 24.1 Å². The highest BCUT2D eigenvalue weighted by molar-refractivity contribution is 6.30. The van der Waals surface area contributed by atoms with Crippen molar-refractivity contribution < 1.29 is 17.6 Å². The average Bonchev–Trinajstić information content (AvgIpc) is 3.08. The van der Waals surface area contributed by atoms with Crippen LogP contribution >= 0.6 is 11.6 Å². The van der Waals surface area contributed by atoms with E-state index in [-0.39, 0.29) is 18.5 Å². The number of alkyl halides is 3. The van der Waals surface area contributed by atoms with Crippen molar-refractivity contribution in [3.63, 3.8) is 0 Å². The monoisotopic (exact) mass is 522 g/mol. The number of hydrogen-bond acceptors (Lipinski definition) is 7. The lowest BCUT2D eigenvalue weighted by Gasteiger charge is -2.60. The third kappa shape index (κ3) is 3.78. The molecule has 1 aromatic carbocycles. The number of aryl methyl sites for hydroxylation is 1. The smallest absolute Gasteiger partial charge is 0.339 e. The average molecular weight is 523 g/mol. The molecule has 0 N–H and O–H groups in total. The van der Waals surface area contributed by atoms with E-state index in [2.05, 4.69) is 25.1 Å². The van der Waals surface area contributed by atoms with Gasteiger partial charge in [-0.05, 0) is 37.6 Å². The Balaban J connectivity index is 1.24. The third-order valence-corrected chi connectivity index (χ3v) is 7.55. The number of rotatable bonds is 3. The molecule has 1 atom stereocenters. The normalized spacial score (nSPS) is 19.9. The van der Waals surface area contributed by atoms with Crippen LogP contribution in [0.4, 0.5) is 29.5 Å². The highest BCUT2D eigenvalue weighted by Crippen LogP contribution is 2.44. The summed E-state index contributed by atoms with van der Waals surface area (Å²) >= 11 is 6.21. The second-order valence-corrected chi connectivity index (χ2v) is 10.4. The first-order valence-electron chi connectivity index (χ1n) is 11.6. The molecule has 6 rings (SSSR count). The first-order valence-corrected chi connectivity index (χ1v) is 11.9. The first kappa shape index (κ1) is 23.4. The molecule has 0 radical (unpaired) electrons. The highest BCUT2D eigenvalue weighted by Gasteiger charge is 2.54. The molecular weight excluding hydrogens is 500 g/mol. The maximum Gasteiger partial charge on any atom is 0.403 e. The Morgan fingerprint density at radius 3 is 2.47 bits per heavy atom. The molecule has 3 aliphatic heterocycles. The van der Waals surface area contributed by atoms with Gasteiger partial charge in [0, 0.05) is 43.2 Å². The summed E-state index contributed by atoms with van der Waals surface area (Å²) in [6.45, 7) is 5.77. The number of nitrogens with zero attached hydrogens (tertiary/aromatic N) is 8. The van der Waals surface area contributed by atoms with E-state index in [0.717, 1.165) is 25.7 Å². The number of aromatic nitrogens is 5. The van der Waals surface area contributed by atoms with Gasteiger partial charge in [0.15, 0.2) is 11.6 Å². The highest BCUT2D eigenvalue weighted by atomic mass is 35.5. The molecule has 2 aromatic heterocycles. The van der Waals surface area contributed by atoms with Crippen LogP contribution in [0.5, 0.6) is 0 Å². The van der Waals surface area contributed by atoms with Gasteiger partial charge < -0.3 is 9.80 Å². The van der Waals surface area contributed by atoms with Crippen molar-refractivity contribution >= 4 is 23.5 Å². The van der Waals surface area contributed by atoms with Crippen LogP contribution in [-0.2, 0) is 13.1 Å². The molecule has 190 valence electrons. The Bertz CT molecular complexity index is 1330. The van der Waals surface area contributed by atoms with Crippen molar-refractivity contribution in [3.8, 4) is 5.69 Å². The summed E-state index contributed by atoms with van der Waals surface area (Å²) in [5.41, 5.74) is 1.77. The van der Waals surface area contributed by atoms with Crippen molar-refractivity contribution in [2.45, 2.75) is 39.2 Å². The van der Waals surface area contributed by atoms with E-state index >= 15 is 0 Å². The predicted molar refractivity (Wildman–Crippen MR) is 125 cm³/mol. The second kappa shape index (κ2) is 8.01. The quantitative estimate of drug-likeness (QED) is 0.485. The SMILES string of the molecule is Cc1nc(N2CC3(C2)CN(c2nnc4n2-c2ccc(Cl)cc2CN(C(C)C(F)(F)F)C4)C3)ncc1F. The minimum atomic E-state index is -4.37. The molecule has 1 unspecified atom stereocenters. The van der Waals surface area contributed by atoms with Gasteiger partial charge in [-0.1, -0.05) is 11.6 Å². The Morgan fingerprint density at radius 1 is 1.06 bits per heavy atom. The van der Waals surface area contributed by atoms with E-state index in [9.17, 15) is 17.6 Å². The van der Waals surface area contributed by atoms with E-state index in [0.29, 0.717) is 47.1 Å². The van der Waals surface area contributed by atoms with E-state index in [4.69, 9.17) is 11.6 Å². The fourth-order valence-electron chi connectivity index (χ4n) is 5.30. The first-order chi connectivity index (χ1) is 17.0. The zero-order valence-electron chi connectivity index (χ0n) is 19.6. The van der Waals surface area contributed by atoms with Crippen LogP contribution in [0.1, 0.15) is 24.0 Å².